The lowest BCUT2D eigenvalue weighted by Gasteiger charge is -2.15. The molecule has 2 aromatic rings. The Morgan fingerprint density at radius 3 is 2.52 bits per heavy atom. The van der Waals surface area contributed by atoms with Crippen LogP contribution in [0.5, 0.6) is 5.75 Å². The third-order valence-electron chi connectivity index (χ3n) is 3.36. The van der Waals surface area contributed by atoms with Crippen molar-refractivity contribution < 1.29 is 4.74 Å². The summed E-state index contributed by atoms with van der Waals surface area (Å²) in [7, 11) is 0. The van der Waals surface area contributed by atoms with Gasteiger partial charge >= 0.3 is 0 Å². The Bertz CT molecular complexity index is 806. The topological polar surface area (TPSA) is 132 Å². The van der Waals surface area contributed by atoms with Gasteiger partial charge in [0.1, 0.15) is 5.69 Å². The van der Waals surface area contributed by atoms with Gasteiger partial charge in [-0.25, -0.2) is 5.84 Å². The van der Waals surface area contributed by atoms with Crippen molar-refractivity contribution in [2.45, 2.75) is 20.3 Å². The van der Waals surface area contributed by atoms with Crippen LogP contribution in [0.2, 0.25) is 0 Å². The number of nitrogens with zero attached hydrogens (tertiary/aromatic N) is 1. The van der Waals surface area contributed by atoms with Crippen molar-refractivity contribution in [3.05, 3.63) is 49.8 Å². The van der Waals surface area contributed by atoms with Crippen LogP contribution in [0.25, 0.3) is 0 Å². The normalized spacial score (nSPS) is 11.5. The van der Waals surface area contributed by atoms with E-state index in [0.717, 1.165) is 12.0 Å². The second-order valence-electron chi connectivity index (χ2n) is 4.81. The molecule has 2 rings (SSSR count). The summed E-state index contributed by atoms with van der Waals surface area (Å²) >= 11 is 0. The zero-order valence-electron chi connectivity index (χ0n) is 13.0. The van der Waals surface area contributed by atoms with Crippen LogP contribution in [-0.4, -0.2) is 12.4 Å². The van der Waals surface area contributed by atoms with Crippen LogP contribution in [-0.2, 0) is 6.42 Å². The third-order valence-corrected chi connectivity index (χ3v) is 3.36. The summed E-state index contributed by atoms with van der Waals surface area (Å²) in [6, 6.07) is 5.46. The van der Waals surface area contributed by atoms with E-state index in [9.17, 15) is 9.59 Å². The molecular weight excluding hydrogens is 298 g/mol. The van der Waals surface area contributed by atoms with E-state index in [2.05, 4.69) is 15.8 Å². The van der Waals surface area contributed by atoms with Gasteiger partial charge in [0.25, 0.3) is 10.9 Å². The maximum atomic E-state index is 11.7. The molecule has 0 radical (unpaired) electrons. The fourth-order valence-electron chi connectivity index (χ4n) is 2.21. The fraction of sp³-hybridized carbons (Fsp3) is 0.267. The highest BCUT2D eigenvalue weighted by atomic mass is 16.5. The number of hydrazine groups is 1. The van der Waals surface area contributed by atoms with Gasteiger partial charge in [-0.05, 0) is 37.1 Å². The first-order valence-electron chi connectivity index (χ1n) is 7.17. The van der Waals surface area contributed by atoms with Crippen LogP contribution in [0.1, 0.15) is 25.0 Å². The summed E-state index contributed by atoms with van der Waals surface area (Å²) in [5, 5.41) is 6.50. The zero-order chi connectivity index (χ0) is 17.0. The van der Waals surface area contributed by atoms with Crippen molar-refractivity contribution >= 4 is 17.2 Å². The molecule has 8 nitrogen and oxygen atoms in total. The van der Waals surface area contributed by atoms with E-state index in [4.69, 9.17) is 16.4 Å². The lowest BCUT2D eigenvalue weighted by molar-refractivity contribution is 0.335. The van der Waals surface area contributed by atoms with Crippen molar-refractivity contribution in [1.82, 2.24) is 5.43 Å². The Kier molecular flexibility index (Phi) is 4.97. The van der Waals surface area contributed by atoms with Crippen molar-refractivity contribution in [3.63, 3.8) is 0 Å². The highest BCUT2D eigenvalue weighted by Gasteiger charge is 2.22. The van der Waals surface area contributed by atoms with Crippen molar-refractivity contribution in [2.24, 2.45) is 16.8 Å². The van der Waals surface area contributed by atoms with Gasteiger partial charge in [-0.15, -0.1) is 0 Å². The Hall–Kier alpha value is -2.87. The molecule has 0 saturated carbocycles. The largest absolute Gasteiger partial charge is 0.488 e. The molecule has 0 bridgehead atoms. The molecule has 0 aliphatic heterocycles. The molecule has 0 unspecified atom stereocenters. The third kappa shape index (κ3) is 3.16. The summed E-state index contributed by atoms with van der Waals surface area (Å²) in [5.74, 6) is 11.0. The van der Waals surface area contributed by atoms with Gasteiger partial charge in [-0.1, -0.05) is 6.92 Å². The molecule has 0 atom stereocenters. The van der Waals surface area contributed by atoms with Crippen LogP contribution in [0, 0.1) is 0 Å². The van der Waals surface area contributed by atoms with Crippen molar-refractivity contribution in [3.8, 4) is 5.75 Å². The number of anilines is 2. The van der Waals surface area contributed by atoms with Crippen LogP contribution >= 0.6 is 0 Å². The van der Waals surface area contributed by atoms with Gasteiger partial charge in [0.15, 0.2) is 11.6 Å². The minimum atomic E-state index is -0.617. The quantitative estimate of drug-likeness (QED) is 0.195. The molecule has 0 saturated heterocycles. The van der Waals surface area contributed by atoms with Crippen LogP contribution in [0.4, 0.5) is 11.4 Å². The molecule has 6 N–H and O–H groups in total. The minimum Gasteiger partial charge on any atom is -0.488 e. The predicted octanol–water partition coefficient (Wildman–Crippen LogP) is 0.0709. The van der Waals surface area contributed by atoms with E-state index in [1.807, 2.05) is 19.1 Å². The Morgan fingerprint density at radius 1 is 1.22 bits per heavy atom. The highest BCUT2D eigenvalue weighted by Crippen LogP contribution is 2.24. The summed E-state index contributed by atoms with van der Waals surface area (Å²) in [6.45, 7) is 4.04. The molecule has 23 heavy (non-hydrogen) atoms. The van der Waals surface area contributed by atoms with E-state index in [1.165, 1.54) is 0 Å². The number of hydrogen-bond donors (Lipinski definition) is 4. The van der Waals surface area contributed by atoms with E-state index < -0.39 is 10.9 Å². The van der Waals surface area contributed by atoms with Crippen molar-refractivity contribution in [2.75, 3.05) is 11.9 Å². The molecule has 0 aliphatic carbocycles. The summed E-state index contributed by atoms with van der Waals surface area (Å²) in [5.41, 5.74) is 3.61. The molecular formula is C15H19N5O3. The second kappa shape index (κ2) is 6.93. The molecule has 0 spiro atoms. The fourth-order valence-corrected chi connectivity index (χ4v) is 2.21. The van der Waals surface area contributed by atoms with Crippen LogP contribution < -0.4 is 38.0 Å². The molecule has 0 amide bonds. The maximum absolute atomic E-state index is 11.7. The standard InChI is InChI=1S/C15H19N5O3/c1-3-8-5-9(15(19-16)20-17)7-10(6-8)18-11-12(21)13(22)14(11)23-4-2/h5-7,18H,3-4,16-17H2,1-2H3,(H,19,20). The average Bonchev–Trinajstić information content (AvgIpc) is 2.58. The summed E-state index contributed by atoms with van der Waals surface area (Å²) < 4.78 is 5.19. The van der Waals surface area contributed by atoms with Crippen LogP contribution in [0.15, 0.2) is 32.9 Å². The Balaban J connectivity index is 2.41. The van der Waals surface area contributed by atoms with Crippen molar-refractivity contribution in [1.29, 1.82) is 0 Å². The number of aryl methyl sites for hydroxylation is 1. The molecule has 0 heterocycles. The lowest BCUT2D eigenvalue weighted by atomic mass is 10.1. The molecule has 8 heteroatoms. The summed E-state index contributed by atoms with van der Waals surface area (Å²) in [4.78, 5) is 23.2. The maximum Gasteiger partial charge on any atom is 0.272 e. The van der Waals surface area contributed by atoms with Gasteiger partial charge in [0.2, 0.25) is 0 Å². The number of benzene rings is 1. The molecule has 0 fully saturated rings. The van der Waals surface area contributed by atoms with Gasteiger partial charge < -0.3 is 21.3 Å². The van der Waals surface area contributed by atoms with Crippen LogP contribution in [0.3, 0.4) is 0 Å². The predicted molar refractivity (Wildman–Crippen MR) is 89.7 cm³/mol. The highest BCUT2D eigenvalue weighted by molar-refractivity contribution is 5.99. The number of nitrogens with two attached hydrogens (primary N) is 2. The van der Waals surface area contributed by atoms with Gasteiger partial charge in [0, 0.05) is 11.3 Å². The Labute approximate surface area is 132 Å². The average molecular weight is 317 g/mol. The molecule has 2 aromatic carbocycles. The van der Waals surface area contributed by atoms with Gasteiger partial charge in [-0.2, -0.15) is 5.10 Å². The van der Waals surface area contributed by atoms with E-state index in [1.54, 1.807) is 13.0 Å². The summed E-state index contributed by atoms with van der Waals surface area (Å²) in [6.07, 6.45) is 0.759. The SMILES string of the molecule is CCOc1c(Nc2cc(CC)cc(/C(=N/N)NN)c2)c(=O)c1=O. The number of hydrogen-bond acceptors (Lipinski definition) is 7. The number of rotatable bonds is 6. The number of amidine groups is 1. The molecule has 0 aromatic heterocycles. The van der Waals surface area contributed by atoms with E-state index >= 15 is 0 Å². The first-order chi connectivity index (χ1) is 11.0. The van der Waals surface area contributed by atoms with Gasteiger partial charge in [0.05, 0.1) is 6.61 Å². The lowest BCUT2D eigenvalue weighted by Crippen LogP contribution is -2.35. The minimum absolute atomic E-state index is 0.0608. The monoisotopic (exact) mass is 317 g/mol. The Morgan fingerprint density at radius 2 is 1.96 bits per heavy atom. The van der Waals surface area contributed by atoms with E-state index in [-0.39, 0.29) is 11.4 Å². The first-order valence-corrected chi connectivity index (χ1v) is 7.17. The zero-order valence-corrected chi connectivity index (χ0v) is 13.0. The number of ether oxygens (including phenoxy) is 1. The number of nitrogens with one attached hydrogen (secondary N) is 2. The second-order valence-corrected chi connectivity index (χ2v) is 4.81. The molecule has 0 aliphatic rings. The first kappa shape index (κ1) is 16.5. The molecule has 122 valence electrons. The number of hydrazone groups is 1. The smallest absolute Gasteiger partial charge is 0.272 e. The van der Waals surface area contributed by atoms with E-state index in [0.29, 0.717) is 23.7 Å². The van der Waals surface area contributed by atoms with Gasteiger partial charge in [-0.3, -0.25) is 9.59 Å².